The molecule has 0 saturated carbocycles. The zero-order chi connectivity index (χ0) is 27.1. The monoisotopic (exact) mass is 519 g/mol. The van der Waals surface area contributed by atoms with E-state index in [4.69, 9.17) is 11.3 Å². The maximum Gasteiger partial charge on any atom is 0.338 e. The van der Waals surface area contributed by atoms with E-state index in [0.717, 1.165) is 19.3 Å². The van der Waals surface area contributed by atoms with Gasteiger partial charge >= 0.3 is 5.97 Å². The Balaban J connectivity index is 1.45. The van der Waals surface area contributed by atoms with Gasteiger partial charge in [0.2, 0.25) is 0 Å². The summed E-state index contributed by atoms with van der Waals surface area (Å²) in [4.78, 5) is 16.1. The van der Waals surface area contributed by atoms with Crippen molar-refractivity contribution >= 4 is 11.7 Å². The number of carbonyl (C=O) groups is 1. The minimum atomic E-state index is -0.294. The lowest BCUT2D eigenvalue weighted by Crippen LogP contribution is -2.20. The van der Waals surface area contributed by atoms with E-state index < -0.39 is 0 Å². The Hall–Kier alpha value is -2.34. The fourth-order valence-electron chi connectivity index (χ4n) is 5.30. The van der Waals surface area contributed by atoms with Gasteiger partial charge in [0.15, 0.2) is 5.69 Å². The van der Waals surface area contributed by atoms with E-state index in [1.165, 1.54) is 121 Å². The first-order valence-corrected chi connectivity index (χ1v) is 15.8. The molecular formula is C35H53NO2. The van der Waals surface area contributed by atoms with Crippen molar-refractivity contribution in [1.82, 2.24) is 0 Å². The van der Waals surface area contributed by atoms with Gasteiger partial charge in [0, 0.05) is 0 Å². The summed E-state index contributed by atoms with van der Waals surface area (Å²) in [7, 11) is 0. The lowest BCUT2D eigenvalue weighted by Gasteiger charge is -2.19. The van der Waals surface area contributed by atoms with E-state index >= 15 is 0 Å². The molecule has 3 heteroatoms. The van der Waals surface area contributed by atoms with Crippen LogP contribution in [0.1, 0.15) is 152 Å². The molecule has 1 aromatic rings. The second kappa shape index (κ2) is 21.6. The van der Waals surface area contributed by atoms with Gasteiger partial charge in [-0.3, -0.25) is 0 Å². The predicted octanol–water partition coefficient (Wildman–Crippen LogP) is 11.5. The van der Waals surface area contributed by atoms with Crippen molar-refractivity contribution in [2.45, 2.75) is 148 Å². The molecule has 1 aliphatic carbocycles. The molecule has 1 aliphatic rings. The largest absolute Gasteiger partial charge is 0.454 e. The van der Waals surface area contributed by atoms with E-state index in [9.17, 15) is 4.79 Å². The fraction of sp³-hybridized carbons (Fsp3) is 0.657. The Kier molecular flexibility index (Phi) is 18.1. The predicted molar refractivity (Wildman–Crippen MR) is 162 cm³/mol. The van der Waals surface area contributed by atoms with Crippen molar-refractivity contribution in [3.05, 3.63) is 65.0 Å². The number of ether oxygens (including phenoxy) is 1. The van der Waals surface area contributed by atoms with Gasteiger partial charge in [-0.05, 0) is 24.8 Å². The SMILES string of the molecule is [C-]#[N+]c1ccc(C(=O)O[C@H](CCCCCCCCCCCCCCCCCCCCC)C2=CC=CC2)cc1. The average molecular weight is 520 g/mol. The fourth-order valence-corrected chi connectivity index (χ4v) is 5.30. The van der Waals surface area contributed by atoms with E-state index in [2.05, 4.69) is 30.0 Å². The zero-order valence-corrected chi connectivity index (χ0v) is 24.2. The summed E-state index contributed by atoms with van der Waals surface area (Å²) in [5.74, 6) is -0.294. The highest BCUT2D eigenvalue weighted by molar-refractivity contribution is 5.90. The Morgan fingerprint density at radius 3 is 1.66 bits per heavy atom. The van der Waals surface area contributed by atoms with Gasteiger partial charge in [0.05, 0.1) is 12.1 Å². The van der Waals surface area contributed by atoms with E-state index in [0.29, 0.717) is 11.3 Å². The van der Waals surface area contributed by atoms with Crippen LogP contribution in [-0.4, -0.2) is 12.1 Å². The summed E-state index contributed by atoms with van der Waals surface area (Å²) in [5.41, 5.74) is 2.25. The quantitative estimate of drug-likeness (QED) is 0.0817. The molecule has 0 spiro atoms. The topological polar surface area (TPSA) is 30.7 Å². The summed E-state index contributed by atoms with van der Waals surface area (Å²) in [5, 5.41) is 0. The third kappa shape index (κ3) is 14.6. The van der Waals surface area contributed by atoms with Crippen LogP contribution in [0.4, 0.5) is 5.69 Å². The smallest absolute Gasteiger partial charge is 0.338 e. The number of benzene rings is 1. The van der Waals surface area contributed by atoms with E-state index in [-0.39, 0.29) is 12.1 Å². The van der Waals surface area contributed by atoms with Gasteiger partial charge in [-0.25, -0.2) is 9.64 Å². The first-order chi connectivity index (χ1) is 18.7. The Morgan fingerprint density at radius 1 is 0.763 bits per heavy atom. The third-order valence-electron chi connectivity index (χ3n) is 7.76. The maximum atomic E-state index is 12.7. The minimum Gasteiger partial charge on any atom is -0.454 e. The first-order valence-electron chi connectivity index (χ1n) is 15.8. The molecular weight excluding hydrogens is 466 g/mol. The Bertz CT molecular complexity index is 846. The molecule has 2 rings (SSSR count). The first kappa shape index (κ1) is 31.9. The van der Waals surface area contributed by atoms with Crippen LogP contribution in [0.5, 0.6) is 0 Å². The number of esters is 1. The van der Waals surface area contributed by atoms with Crippen molar-refractivity contribution in [2.24, 2.45) is 0 Å². The van der Waals surface area contributed by atoms with Gasteiger partial charge in [0.1, 0.15) is 6.10 Å². The highest BCUT2D eigenvalue weighted by Crippen LogP contribution is 2.24. The number of unbranched alkanes of at least 4 members (excludes halogenated alkanes) is 18. The van der Waals surface area contributed by atoms with Gasteiger partial charge in [-0.15, -0.1) is 0 Å². The van der Waals surface area contributed by atoms with Crippen molar-refractivity contribution in [1.29, 1.82) is 0 Å². The standard InChI is InChI=1S/C35H53NO2/c1-3-4-5-6-7-8-9-10-11-12-13-14-15-16-17-18-19-20-21-26-34(31-24-22-23-25-31)38-35(37)32-27-29-33(36-2)30-28-32/h22-24,27-30,34H,3-21,25-26H2,1H3/t34-/m1/s1. The molecule has 3 nitrogen and oxygen atoms in total. The number of nitrogens with zero attached hydrogens (tertiary/aromatic N) is 1. The summed E-state index contributed by atoms with van der Waals surface area (Å²) in [6, 6.07) is 6.72. The number of hydrogen-bond acceptors (Lipinski definition) is 2. The third-order valence-corrected chi connectivity index (χ3v) is 7.76. The number of allylic oxidation sites excluding steroid dienone is 3. The van der Waals surface area contributed by atoms with Gasteiger partial charge in [-0.2, -0.15) is 0 Å². The zero-order valence-electron chi connectivity index (χ0n) is 24.2. The van der Waals surface area contributed by atoms with Crippen LogP contribution in [0.3, 0.4) is 0 Å². The lowest BCUT2D eigenvalue weighted by molar-refractivity contribution is 0.0351. The van der Waals surface area contributed by atoms with Crippen LogP contribution in [0.15, 0.2) is 48.1 Å². The Labute approximate surface area is 234 Å². The normalized spacial score (nSPS) is 13.3. The van der Waals surface area contributed by atoms with Crippen LogP contribution in [0.25, 0.3) is 4.85 Å². The van der Waals surface area contributed by atoms with Crippen molar-refractivity contribution in [3.8, 4) is 0 Å². The van der Waals surface area contributed by atoms with Crippen molar-refractivity contribution in [2.75, 3.05) is 0 Å². The number of rotatable bonds is 23. The molecule has 0 aliphatic heterocycles. The molecule has 0 saturated heterocycles. The van der Waals surface area contributed by atoms with Crippen LogP contribution in [0, 0.1) is 6.57 Å². The molecule has 1 atom stereocenters. The molecule has 1 aromatic carbocycles. The summed E-state index contributed by atoms with van der Waals surface area (Å²) in [6.45, 7) is 9.35. The molecule has 38 heavy (non-hydrogen) atoms. The van der Waals surface area contributed by atoms with Crippen LogP contribution < -0.4 is 0 Å². The Morgan fingerprint density at radius 2 is 1.24 bits per heavy atom. The highest BCUT2D eigenvalue weighted by atomic mass is 16.5. The average Bonchev–Trinajstić information content (AvgIpc) is 3.48. The number of hydrogen-bond donors (Lipinski definition) is 0. The van der Waals surface area contributed by atoms with Crippen LogP contribution in [0.2, 0.25) is 0 Å². The van der Waals surface area contributed by atoms with Crippen molar-refractivity contribution < 1.29 is 9.53 Å². The molecule has 0 heterocycles. The molecule has 0 radical (unpaired) electrons. The maximum absolute atomic E-state index is 12.7. The minimum absolute atomic E-state index is 0.149. The molecule has 210 valence electrons. The molecule has 0 amide bonds. The van der Waals surface area contributed by atoms with Crippen LogP contribution >= 0.6 is 0 Å². The molecule has 0 bridgehead atoms. The highest BCUT2D eigenvalue weighted by Gasteiger charge is 2.20. The van der Waals surface area contributed by atoms with Crippen LogP contribution in [-0.2, 0) is 4.74 Å². The molecule has 0 aromatic heterocycles. The van der Waals surface area contributed by atoms with Crippen molar-refractivity contribution in [3.63, 3.8) is 0 Å². The lowest BCUT2D eigenvalue weighted by atomic mass is 10.0. The van der Waals surface area contributed by atoms with Gasteiger partial charge in [-0.1, -0.05) is 165 Å². The number of carbonyl (C=O) groups excluding carboxylic acids is 1. The molecule has 0 unspecified atom stereocenters. The van der Waals surface area contributed by atoms with Gasteiger partial charge < -0.3 is 4.74 Å². The van der Waals surface area contributed by atoms with E-state index in [1.54, 1.807) is 24.3 Å². The summed E-state index contributed by atoms with van der Waals surface area (Å²) >= 11 is 0. The summed E-state index contributed by atoms with van der Waals surface area (Å²) < 4.78 is 5.91. The van der Waals surface area contributed by atoms with Gasteiger partial charge in [0.25, 0.3) is 0 Å². The second-order valence-corrected chi connectivity index (χ2v) is 11.1. The summed E-state index contributed by atoms with van der Waals surface area (Å²) in [6.07, 6.45) is 34.0. The van der Waals surface area contributed by atoms with E-state index in [1.807, 2.05) is 0 Å². The molecule has 0 fully saturated rings. The molecule has 0 N–H and O–H groups in total. The second-order valence-electron chi connectivity index (χ2n) is 11.1.